The van der Waals surface area contributed by atoms with E-state index in [9.17, 15) is 0 Å². The molecule has 0 N–H and O–H groups in total. The van der Waals surface area contributed by atoms with Crippen molar-refractivity contribution in [3.05, 3.63) is 11.1 Å². The van der Waals surface area contributed by atoms with Gasteiger partial charge in [-0.1, -0.05) is 52.7 Å². The van der Waals surface area contributed by atoms with E-state index in [0.29, 0.717) is 11.3 Å². The second-order valence-electron chi connectivity index (χ2n) is 8.48. The van der Waals surface area contributed by atoms with E-state index in [2.05, 4.69) is 50.8 Å². The standard InChI is InChI=1S/C18H33OP/c1-11-8-14(20)18(6)9-13(18)15(11)16(17(3,4)5)12(2)10-19-7/h11-14H,8-10,20H2,1-7H3. The van der Waals surface area contributed by atoms with Crippen LogP contribution >= 0.6 is 9.24 Å². The Hall–Kier alpha value is 0.130. The van der Waals surface area contributed by atoms with Gasteiger partial charge in [0.15, 0.2) is 0 Å². The smallest absolute Gasteiger partial charge is 0.0525 e. The fourth-order valence-corrected chi connectivity index (χ4v) is 5.40. The summed E-state index contributed by atoms with van der Waals surface area (Å²) in [7, 11) is 4.94. The molecule has 1 nitrogen and oxygen atoms in total. The van der Waals surface area contributed by atoms with E-state index in [4.69, 9.17) is 4.74 Å². The summed E-state index contributed by atoms with van der Waals surface area (Å²) in [5, 5.41) is 0. The summed E-state index contributed by atoms with van der Waals surface area (Å²) in [5.74, 6) is 2.08. The zero-order chi connectivity index (χ0) is 15.3. The molecule has 6 unspecified atom stereocenters. The molecule has 0 aliphatic heterocycles. The maximum atomic E-state index is 5.46. The lowest BCUT2D eigenvalue weighted by atomic mass is 9.69. The van der Waals surface area contributed by atoms with Gasteiger partial charge in [-0.3, -0.25) is 0 Å². The van der Waals surface area contributed by atoms with Crippen molar-refractivity contribution in [1.29, 1.82) is 0 Å². The van der Waals surface area contributed by atoms with E-state index in [1.54, 1.807) is 11.1 Å². The number of hydrogen-bond acceptors (Lipinski definition) is 1. The first-order valence-electron chi connectivity index (χ1n) is 8.11. The predicted octanol–water partition coefficient (Wildman–Crippen LogP) is 4.92. The summed E-state index contributed by atoms with van der Waals surface area (Å²) in [5.41, 5.74) is 5.06. The fourth-order valence-electron chi connectivity index (χ4n) is 4.62. The molecule has 0 aromatic carbocycles. The van der Waals surface area contributed by atoms with Gasteiger partial charge in [0, 0.05) is 13.0 Å². The molecule has 0 amide bonds. The first kappa shape index (κ1) is 16.5. The molecule has 2 aliphatic rings. The van der Waals surface area contributed by atoms with Gasteiger partial charge in [-0.25, -0.2) is 0 Å². The third kappa shape index (κ3) is 2.73. The molecule has 0 aromatic rings. The van der Waals surface area contributed by atoms with Crippen LogP contribution in [0.25, 0.3) is 0 Å². The van der Waals surface area contributed by atoms with Crippen LogP contribution in [0.3, 0.4) is 0 Å². The highest BCUT2D eigenvalue weighted by atomic mass is 31.0. The number of allylic oxidation sites excluding steroid dienone is 1. The Morgan fingerprint density at radius 1 is 1.45 bits per heavy atom. The van der Waals surface area contributed by atoms with Crippen molar-refractivity contribution in [1.82, 2.24) is 0 Å². The minimum absolute atomic E-state index is 0.249. The molecule has 0 spiro atoms. The van der Waals surface area contributed by atoms with Crippen LogP contribution < -0.4 is 0 Å². The van der Waals surface area contributed by atoms with Crippen molar-refractivity contribution in [3.63, 3.8) is 0 Å². The summed E-state index contributed by atoms with van der Waals surface area (Å²) in [6.07, 6.45) is 2.71. The van der Waals surface area contributed by atoms with Crippen LogP contribution in [-0.4, -0.2) is 19.4 Å². The van der Waals surface area contributed by atoms with Crippen molar-refractivity contribution in [2.45, 2.75) is 60.0 Å². The lowest BCUT2D eigenvalue weighted by molar-refractivity contribution is 0.161. The quantitative estimate of drug-likeness (QED) is 0.530. The highest BCUT2D eigenvalue weighted by Crippen LogP contribution is 2.68. The molecule has 2 heteroatoms. The Morgan fingerprint density at radius 3 is 2.55 bits per heavy atom. The molecule has 2 aliphatic carbocycles. The molecule has 2 rings (SSSR count). The molecule has 116 valence electrons. The average molecular weight is 296 g/mol. The number of hydrogen-bond donors (Lipinski definition) is 0. The van der Waals surface area contributed by atoms with Gasteiger partial charge < -0.3 is 4.74 Å². The first-order valence-corrected chi connectivity index (χ1v) is 8.78. The van der Waals surface area contributed by atoms with Crippen LogP contribution in [0.5, 0.6) is 0 Å². The molecule has 2 saturated carbocycles. The van der Waals surface area contributed by atoms with Crippen molar-refractivity contribution in [2.75, 3.05) is 13.7 Å². The minimum Gasteiger partial charge on any atom is -0.384 e. The fraction of sp³-hybridized carbons (Fsp3) is 0.889. The van der Waals surface area contributed by atoms with Crippen LogP contribution in [0, 0.1) is 28.6 Å². The van der Waals surface area contributed by atoms with E-state index in [-0.39, 0.29) is 5.41 Å². The zero-order valence-electron chi connectivity index (χ0n) is 14.4. The van der Waals surface area contributed by atoms with Crippen molar-refractivity contribution < 1.29 is 4.74 Å². The Kier molecular flexibility index (Phi) is 4.45. The zero-order valence-corrected chi connectivity index (χ0v) is 15.6. The molecular weight excluding hydrogens is 263 g/mol. The summed E-state index contributed by atoms with van der Waals surface area (Å²) in [4.78, 5) is 0. The summed E-state index contributed by atoms with van der Waals surface area (Å²) >= 11 is 0. The maximum absolute atomic E-state index is 5.46. The lowest BCUT2D eigenvalue weighted by Gasteiger charge is -2.39. The molecule has 20 heavy (non-hydrogen) atoms. The van der Waals surface area contributed by atoms with Crippen molar-refractivity contribution in [3.8, 4) is 0 Å². The van der Waals surface area contributed by atoms with Crippen LogP contribution in [0.1, 0.15) is 54.4 Å². The number of fused-ring (bicyclic) bond motifs is 1. The van der Waals surface area contributed by atoms with E-state index >= 15 is 0 Å². The van der Waals surface area contributed by atoms with Gasteiger partial charge in [-0.05, 0) is 41.2 Å². The topological polar surface area (TPSA) is 9.23 Å². The van der Waals surface area contributed by atoms with Gasteiger partial charge in [-0.15, -0.1) is 9.24 Å². The second-order valence-corrected chi connectivity index (χ2v) is 9.29. The molecule has 0 saturated heterocycles. The van der Waals surface area contributed by atoms with Crippen LogP contribution in [-0.2, 0) is 4.74 Å². The van der Waals surface area contributed by atoms with Gasteiger partial charge in [0.2, 0.25) is 0 Å². The molecule has 0 heterocycles. The normalized spacial score (nSPS) is 41.1. The van der Waals surface area contributed by atoms with Crippen LogP contribution in [0.2, 0.25) is 0 Å². The molecular formula is C18H33OP. The van der Waals surface area contributed by atoms with E-state index in [1.165, 1.54) is 12.8 Å². The summed E-state index contributed by atoms with van der Waals surface area (Å²) < 4.78 is 5.46. The first-order chi connectivity index (χ1) is 9.13. The SMILES string of the molecule is COCC(C)C(=C1C(C)CC(P)C2(C)CC12)C(C)(C)C. The van der Waals surface area contributed by atoms with Gasteiger partial charge in [-0.2, -0.15) is 0 Å². The van der Waals surface area contributed by atoms with E-state index in [1.807, 2.05) is 7.11 Å². The van der Waals surface area contributed by atoms with Crippen molar-refractivity contribution >= 4 is 9.24 Å². The summed E-state index contributed by atoms with van der Waals surface area (Å²) in [6.45, 7) is 15.2. The highest BCUT2D eigenvalue weighted by Gasteiger charge is 2.59. The third-order valence-electron chi connectivity index (χ3n) is 5.67. The monoisotopic (exact) mass is 296 g/mol. The predicted molar refractivity (Wildman–Crippen MR) is 91.0 cm³/mol. The van der Waals surface area contributed by atoms with Gasteiger partial charge in [0.1, 0.15) is 0 Å². The molecule has 0 radical (unpaired) electrons. The summed E-state index contributed by atoms with van der Waals surface area (Å²) in [6, 6.07) is 0. The van der Waals surface area contributed by atoms with Gasteiger partial charge in [0.25, 0.3) is 0 Å². The van der Waals surface area contributed by atoms with Crippen LogP contribution in [0.15, 0.2) is 11.1 Å². The number of ether oxygens (including phenoxy) is 1. The van der Waals surface area contributed by atoms with E-state index in [0.717, 1.165) is 24.1 Å². The lowest BCUT2D eigenvalue weighted by Crippen LogP contribution is -2.31. The Balaban J connectivity index is 2.44. The third-order valence-corrected chi connectivity index (χ3v) is 6.70. The maximum Gasteiger partial charge on any atom is 0.0525 e. The average Bonchev–Trinajstić information content (AvgIpc) is 2.97. The minimum atomic E-state index is 0.249. The van der Waals surface area contributed by atoms with Crippen LogP contribution in [0.4, 0.5) is 0 Å². The second kappa shape index (κ2) is 5.40. The van der Waals surface area contributed by atoms with E-state index < -0.39 is 0 Å². The molecule has 6 atom stereocenters. The van der Waals surface area contributed by atoms with Gasteiger partial charge in [0.05, 0.1) is 6.61 Å². The van der Waals surface area contributed by atoms with Gasteiger partial charge >= 0.3 is 0 Å². The largest absolute Gasteiger partial charge is 0.384 e. The number of rotatable bonds is 3. The molecule has 0 aromatic heterocycles. The Morgan fingerprint density at radius 2 is 2.05 bits per heavy atom. The number of methoxy groups -OCH3 is 1. The highest BCUT2D eigenvalue weighted by molar-refractivity contribution is 7.17. The Labute approximate surface area is 128 Å². The Bertz CT molecular complexity index is 406. The van der Waals surface area contributed by atoms with Crippen molar-refractivity contribution in [2.24, 2.45) is 28.6 Å². The molecule has 2 fully saturated rings. The molecule has 0 bridgehead atoms.